The molecule has 1 amide bonds. The van der Waals surface area contributed by atoms with E-state index in [9.17, 15) is 4.79 Å². The summed E-state index contributed by atoms with van der Waals surface area (Å²) in [5.41, 5.74) is 6.85. The normalized spacial score (nSPS) is 10.1. The summed E-state index contributed by atoms with van der Waals surface area (Å²) in [5.74, 6) is -0.387. The molecule has 0 aliphatic heterocycles. The molecule has 0 radical (unpaired) electrons. The zero-order valence-electron chi connectivity index (χ0n) is 8.26. The van der Waals surface area contributed by atoms with Crippen LogP contribution in [0.25, 0.3) is 0 Å². The number of aromatic nitrogens is 1. The Bertz CT molecular complexity index is 443. The number of carbonyl (C=O) groups is 1. The van der Waals surface area contributed by atoms with E-state index >= 15 is 0 Å². The second kappa shape index (κ2) is 4.00. The van der Waals surface area contributed by atoms with Crippen molar-refractivity contribution < 1.29 is 4.79 Å². The summed E-state index contributed by atoms with van der Waals surface area (Å²) in [7, 11) is 0. The quantitative estimate of drug-likeness (QED) is 0.804. The lowest BCUT2D eigenvalue weighted by molar-refractivity contribution is 0.100. The Hall–Kier alpha value is -2.03. The molecule has 0 aliphatic carbocycles. The summed E-state index contributed by atoms with van der Waals surface area (Å²) in [5, 5.41) is 0. The molecule has 0 bridgehead atoms. The molecule has 0 aliphatic rings. The monoisotopic (exact) mass is 200 g/mol. The molecule has 0 saturated carbocycles. The smallest absolute Gasteiger partial charge is 0.248 e. The van der Waals surface area contributed by atoms with E-state index in [1.54, 1.807) is 12.1 Å². The van der Waals surface area contributed by atoms with Crippen LogP contribution in [0.5, 0.6) is 0 Å². The van der Waals surface area contributed by atoms with Crippen LogP contribution in [0, 0.1) is 0 Å². The number of carbonyl (C=O) groups excluding carboxylic acids is 1. The van der Waals surface area contributed by atoms with E-state index in [4.69, 9.17) is 5.73 Å². The predicted molar refractivity (Wildman–Crippen MR) is 58.5 cm³/mol. The number of benzene rings is 1. The van der Waals surface area contributed by atoms with Gasteiger partial charge < -0.3 is 10.3 Å². The molecule has 2 aromatic rings. The fourth-order valence-corrected chi connectivity index (χ4v) is 1.46. The van der Waals surface area contributed by atoms with Gasteiger partial charge >= 0.3 is 0 Å². The maximum absolute atomic E-state index is 10.8. The van der Waals surface area contributed by atoms with Crippen LogP contribution < -0.4 is 5.73 Å². The van der Waals surface area contributed by atoms with Gasteiger partial charge in [-0.2, -0.15) is 0 Å². The van der Waals surface area contributed by atoms with Gasteiger partial charge in [-0.1, -0.05) is 12.1 Å². The van der Waals surface area contributed by atoms with Crippen LogP contribution in [0.2, 0.25) is 0 Å². The first kappa shape index (κ1) is 9.52. The van der Waals surface area contributed by atoms with E-state index in [1.165, 1.54) is 0 Å². The fraction of sp³-hybridized carbons (Fsp3) is 0.0833. The molecule has 0 fully saturated rings. The second-order valence-electron chi connectivity index (χ2n) is 3.42. The van der Waals surface area contributed by atoms with Crippen LogP contribution in [0.15, 0.2) is 48.8 Å². The van der Waals surface area contributed by atoms with Gasteiger partial charge in [0.2, 0.25) is 5.91 Å². The van der Waals surface area contributed by atoms with E-state index < -0.39 is 0 Å². The third-order valence-corrected chi connectivity index (χ3v) is 2.27. The summed E-state index contributed by atoms with van der Waals surface area (Å²) in [6, 6.07) is 11.3. The van der Waals surface area contributed by atoms with Crippen LogP contribution in [0.3, 0.4) is 0 Å². The Morgan fingerprint density at radius 3 is 2.27 bits per heavy atom. The van der Waals surface area contributed by atoms with E-state index in [1.807, 2.05) is 36.7 Å². The summed E-state index contributed by atoms with van der Waals surface area (Å²) in [4.78, 5) is 10.8. The van der Waals surface area contributed by atoms with Crippen molar-refractivity contribution in [3.05, 3.63) is 59.9 Å². The summed E-state index contributed by atoms with van der Waals surface area (Å²) < 4.78 is 2.07. The Morgan fingerprint density at radius 2 is 1.73 bits per heavy atom. The highest BCUT2D eigenvalue weighted by molar-refractivity contribution is 5.92. The first-order valence-electron chi connectivity index (χ1n) is 4.75. The van der Waals surface area contributed by atoms with E-state index in [-0.39, 0.29) is 5.91 Å². The summed E-state index contributed by atoms with van der Waals surface area (Å²) >= 11 is 0. The van der Waals surface area contributed by atoms with Crippen LogP contribution in [-0.4, -0.2) is 10.5 Å². The first-order chi connectivity index (χ1) is 7.25. The minimum Gasteiger partial charge on any atom is -0.366 e. The van der Waals surface area contributed by atoms with Crippen LogP contribution in [0.1, 0.15) is 15.9 Å². The number of amides is 1. The summed E-state index contributed by atoms with van der Waals surface area (Å²) in [6.07, 6.45) is 4.00. The zero-order chi connectivity index (χ0) is 10.7. The molecule has 0 saturated heterocycles. The van der Waals surface area contributed by atoms with Crippen molar-refractivity contribution in [3.63, 3.8) is 0 Å². The van der Waals surface area contributed by atoms with Crippen LogP contribution >= 0.6 is 0 Å². The highest BCUT2D eigenvalue weighted by atomic mass is 16.1. The second-order valence-corrected chi connectivity index (χ2v) is 3.42. The van der Waals surface area contributed by atoms with Crippen molar-refractivity contribution in [3.8, 4) is 0 Å². The Morgan fingerprint density at radius 1 is 1.13 bits per heavy atom. The average Bonchev–Trinajstić information content (AvgIpc) is 2.71. The molecule has 2 N–H and O–H groups in total. The van der Waals surface area contributed by atoms with Crippen molar-refractivity contribution in [2.75, 3.05) is 0 Å². The van der Waals surface area contributed by atoms with Crippen molar-refractivity contribution in [2.45, 2.75) is 6.54 Å². The topological polar surface area (TPSA) is 48.0 Å². The molecule has 76 valence electrons. The van der Waals surface area contributed by atoms with Crippen molar-refractivity contribution in [1.82, 2.24) is 4.57 Å². The third-order valence-electron chi connectivity index (χ3n) is 2.27. The van der Waals surface area contributed by atoms with Crippen molar-refractivity contribution in [1.29, 1.82) is 0 Å². The number of hydrogen-bond donors (Lipinski definition) is 1. The highest BCUT2D eigenvalue weighted by Gasteiger charge is 1.99. The molecule has 0 spiro atoms. The van der Waals surface area contributed by atoms with Gasteiger partial charge in [-0.05, 0) is 29.8 Å². The maximum atomic E-state index is 10.8. The SMILES string of the molecule is NC(=O)c1ccc(Cn2cccc2)cc1. The predicted octanol–water partition coefficient (Wildman–Crippen LogP) is 1.64. The van der Waals surface area contributed by atoms with Gasteiger partial charge in [0.15, 0.2) is 0 Å². The Balaban J connectivity index is 2.14. The highest BCUT2D eigenvalue weighted by Crippen LogP contribution is 2.06. The number of nitrogens with two attached hydrogens (primary N) is 1. The molecule has 1 aromatic carbocycles. The largest absolute Gasteiger partial charge is 0.366 e. The molecule has 1 heterocycles. The lowest BCUT2D eigenvalue weighted by atomic mass is 10.1. The minimum absolute atomic E-state index is 0.387. The lowest BCUT2D eigenvalue weighted by Gasteiger charge is -2.03. The van der Waals surface area contributed by atoms with Gasteiger partial charge in [0.25, 0.3) is 0 Å². The molecule has 0 atom stereocenters. The molecular weight excluding hydrogens is 188 g/mol. The minimum atomic E-state index is -0.387. The van der Waals surface area contributed by atoms with E-state index in [2.05, 4.69) is 4.57 Å². The molecule has 1 aromatic heterocycles. The number of primary amides is 1. The van der Waals surface area contributed by atoms with E-state index in [0.717, 1.165) is 12.1 Å². The van der Waals surface area contributed by atoms with E-state index in [0.29, 0.717) is 5.56 Å². The number of rotatable bonds is 3. The van der Waals surface area contributed by atoms with Gasteiger partial charge in [0, 0.05) is 24.5 Å². The maximum Gasteiger partial charge on any atom is 0.248 e. The van der Waals surface area contributed by atoms with Crippen LogP contribution in [0.4, 0.5) is 0 Å². The molecule has 3 nitrogen and oxygen atoms in total. The Labute approximate surface area is 88.1 Å². The first-order valence-corrected chi connectivity index (χ1v) is 4.75. The molecule has 2 rings (SSSR count). The Kier molecular flexibility index (Phi) is 2.54. The molecule has 0 unspecified atom stereocenters. The van der Waals surface area contributed by atoms with Gasteiger partial charge in [-0.15, -0.1) is 0 Å². The van der Waals surface area contributed by atoms with Gasteiger partial charge in [0.1, 0.15) is 0 Å². The molecular formula is C12H12N2O. The van der Waals surface area contributed by atoms with Crippen LogP contribution in [-0.2, 0) is 6.54 Å². The number of hydrogen-bond acceptors (Lipinski definition) is 1. The van der Waals surface area contributed by atoms with Crippen molar-refractivity contribution >= 4 is 5.91 Å². The lowest BCUT2D eigenvalue weighted by Crippen LogP contribution is -2.10. The number of nitrogens with zero attached hydrogens (tertiary/aromatic N) is 1. The van der Waals surface area contributed by atoms with Gasteiger partial charge in [-0.3, -0.25) is 4.79 Å². The molecule has 3 heteroatoms. The molecule has 15 heavy (non-hydrogen) atoms. The zero-order valence-corrected chi connectivity index (χ0v) is 8.26. The van der Waals surface area contributed by atoms with Gasteiger partial charge in [-0.25, -0.2) is 0 Å². The van der Waals surface area contributed by atoms with Gasteiger partial charge in [0.05, 0.1) is 0 Å². The third kappa shape index (κ3) is 2.26. The fourth-order valence-electron chi connectivity index (χ4n) is 1.46. The summed E-state index contributed by atoms with van der Waals surface area (Å²) in [6.45, 7) is 0.812. The average molecular weight is 200 g/mol. The standard InChI is InChI=1S/C12H12N2O/c13-12(15)11-5-3-10(4-6-11)9-14-7-1-2-8-14/h1-8H,9H2,(H2,13,15). The van der Waals surface area contributed by atoms with Crippen molar-refractivity contribution in [2.24, 2.45) is 5.73 Å².